The van der Waals surface area contributed by atoms with Crippen LogP contribution in [0.3, 0.4) is 0 Å². The van der Waals surface area contributed by atoms with E-state index >= 15 is 0 Å². The Balaban J connectivity index is 1.70. The number of aromatic nitrogens is 2. The fraction of sp³-hybridized carbons (Fsp3) is 0.294. The van der Waals surface area contributed by atoms with Crippen LogP contribution in [-0.4, -0.2) is 40.6 Å². The number of benzene rings is 1. The molecule has 1 fully saturated rings. The van der Waals surface area contributed by atoms with Gasteiger partial charge in [0.15, 0.2) is 6.23 Å². The molecule has 3 atom stereocenters. The van der Waals surface area contributed by atoms with E-state index in [1.807, 2.05) is 0 Å². The molecule has 0 saturated carbocycles. The van der Waals surface area contributed by atoms with Gasteiger partial charge >= 0.3 is 5.69 Å². The molecule has 132 valence electrons. The standard InChI is InChI=1S/C17H18N2O6/c1-10-13(9-24-12-5-3-11(23-2)4-6-12)25-16(15(10)21)19-8-7-14(20)18-17(19)22/h3-8,13,15-16,21H,1,9H2,2H3,(H,18,20,22)/t13-,15-,16-/m1/s1. The molecular weight excluding hydrogens is 328 g/mol. The predicted octanol–water partition coefficient (Wildman–Crippen LogP) is 0.439. The van der Waals surface area contributed by atoms with Crippen LogP contribution >= 0.6 is 0 Å². The second-order valence-corrected chi connectivity index (χ2v) is 5.54. The van der Waals surface area contributed by atoms with E-state index in [-0.39, 0.29) is 6.61 Å². The van der Waals surface area contributed by atoms with Crippen molar-refractivity contribution in [2.75, 3.05) is 13.7 Å². The zero-order valence-corrected chi connectivity index (χ0v) is 13.5. The number of methoxy groups -OCH3 is 1. The van der Waals surface area contributed by atoms with E-state index in [0.29, 0.717) is 17.1 Å². The summed E-state index contributed by atoms with van der Waals surface area (Å²) in [6.45, 7) is 3.94. The second-order valence-electron chi connectivity index (χ2n) is 5.54. The summed E-state index contributed by atoms with van der Waals surface area (Å²) in [6, 6.07) is 8.20. The van der Waals surface area contributed by atoms with Crippen molar-refractivity contribution < 1.29 is 19.3 Å². The number of rotatable bonds is 5. The maximum Gasteiger partial charge on any atom is 0.330 e. The van der Waals surface area contributed by atoms with E-state index in [1.54, 1.807) is 31.4 Å². The highest BCUT2D eigenvalue weighted by Gasteiger charge is 2.39. The molecule has 0 spiro atoms. The van der Waals surface area contributed by atoms with Crippen molar-refractivity contribution in [1.82, 2.24) is 9.55 Å². The van der Waals surface area contributed by atoms with Crippen LogP contribution in [0.4, 0.5) is 0 Å². The predicted molar refractivity (Wildman–Crippen MR) is 88.9 cm³/mol. The summed E-state index contributed by atoms with van der Waals surface area (Å²) in [7, 11) is 1.58. The highest BCUT2D eigenvalue weighted by molar-refractivity contribution is 5.31. The molecule has 0 radical (unpaired) electrons. The third-order valence-corrected chi connectivity index (χ3v) is 3.95. The van der Waals surface area contributed by atoms with Crippen LogP contribution in [0.1, 0.15) is 6.23 Å². The number of hydrogen-bond acceptors (Lipinski definition) is 6. The van der Waals surface area contributed by atoms with E-state index in [9.17, 15) is 14.7 Å². The van der Waals surface area contributed by atoms with Gasteiger partial charge in [-0.1, -0.05) is 6.58 Å². The maximum absolute atomic E-state index is 11.9. The van der Waals surface area contributed by atoms with Gasteiger partial charge in [-0.3, -0.25) is 14.3 Å². The molecular formula is C17H18N2O6. The number of aliphatic hydroxyl groups is 1. The SMILES string of the molecule is C=C1[C@@H](O)[C@H](n2ccc(=O)[nH]c2=O)O[C@@H]1COc1ccc(OC)cc1. The van der Waals surface area contributed by atoms with Gasteiger partial charge < -0.3 is 19.3 Å². The summed E-state index contributed by atoms with van der Waals surface area (Å²) in [4.78, 5) is 25.1. The van der Waals surface area contributed by atoms with Crippen LogP contribution < -0.4 is 20.7 Å². The minimum absolute atomic E-state index is 0.122. The lowest BCUT2D eigenvalue weighted by Crippen LogP contribution is -2.35. The average molecular weight is 346 g/mol. The van der Waals surface area contributed by atoms with Crippen LogP contribution in [0.15, 0.2) is 58.3 Å². The molecule has 0 aliphatic carbocycles. The first kappa shape index (κ1) is 17.0. The lowest BCUT2D eigenvalue weighted by Gasteiger charge is -2.16. The van der Waals surface area contributed by atoms with Gasteiger partial charge in [0.2, 0.25) is 0 Å². The molecule has 25 heavy (non-hydrogen) atoms. The molecule has 2 aromatic rings. The van der Waals surface area contributed by atoms with Gasteiger partial charge in [0.05, 0.1) is 7.11 Å². The summed E-state index contributed by atoms with van der Waals surface area (Å²) in [6.07, 6.45) is -1.38. The Kier molecular flexibility index (Phi) is 4.73. The highest BCUT2D eigenvalue weighted by Crippen LogP contribution is 2.32. The number of aliphatic hydroxyl groups excluding tert-OH is 1. The highest BCUT2D eigenvalue weighted by atomic mass is 16.6. The molecule has 1 aromatic carbocycles. The van der Waals surface area contributed by atoms with Crippen molar-refractivity contribution >= 4 is 0 Å². The Labute approximate surface area is 142 Å². The fourth-order valence-corrected chi connectivity index (χ4v) is 2.54. The minimum atomic E-state index is -1.09. The second kappa shape index (κ2) is 6.96. The summed E-state index contributed by atoms with van der Waals surface area (Å²) in [5.41, 5.74) is -0.787. The first-order valence-electron chi connectivity index (χ1n) is 7.60. The van der Waals surface area contributed by atoms with E-state index in [1.165, 1.54) is 12.3 Å². The smallest absolute Gasteiger partial charge is 0.330 e. The molecule has 3 rings (SSSR count). The van der Waals surface area contributed by atoms with Gasteiger partial charge in [-0.2, -0.15) is 0 Å². The van der Waals surface area contributed by atoms with Gasteiger partial charge in [0.25, 0.3) is 5.56 Å². The number of ether oxygens (including phenoxy) is 3. The Hall–Kier alpha value is -2.84. The molecule has 1 aromatic heterocycles. The summed E-state index contributed by atoms with van der Waals surface area (Å²) >= 11 is 0. The Morgan fingerprint density at radius 3 is 2.56 bits per heavy atom. The minimum Gasteiger partial charge on any atom is -0.497 e. The number of H-pyrrole nitrogens is 1. The summed E-state index contributed by atoms with van der Waals surface area (Å²) in [5, 5.41) is 10.3. The average Bonchev–Trinajstić information content (AvgIpc) is 2.89. The van der Waals surface area contributed by atoms with Gasteiger partial charge in [-0.15, -0.1) is 0 Å². The first-order chi connectivity index (χ1) is 12.0. The molecule has 1 aliphatic heterocycles. The molecule has 1 aliphatic rings. The van der Waals surface area contributed by atoms with Gasteiger partial charge in [-0.25, -0.2) is 4.79 Å². The largest absolute Gasteiger partial charge is 0.497 e. The molecule has 2 N–H and O–H groups in total. The third kappa shape index (κ3) is 3.49. The first-order valence-corrected chi connectivity index (χ1v) is 7.60. The fourth-order valence-electron chi connectivity index (χ4n) is 2.54. The quantitative estimate of drug-likeness (QED) is 0.762. The molecule has 0 unspecified atom stereocenters. The Morgan fingerprint density at radius 1 is 1.24 bits per heavy atom. The van der Waals surface area contributed by atoms with E-state index in [0.717, 1.165) is 4.57 Å². The topological polar surface area (TPSA) is 103 Å². The van der Waals surface area contributed by atoms with Crippen molar-refractivity contribution in [2.24, 2.45) is 0 Å². The molecule has 1 saturated heterocycles. The Morgan fingerprint density at radius 2 is 1.92 bits per heavy atom. The lowest BCUT2D eigenvalue weighted by molar-refractivity contribution is -0.0500. The third-order valence-electron chi connectivity index (χ3n) is 3.95. The van der Waals surface area contributed by atoms with Crippen molar-refractivity contribution in [3.63, 3.8) is 0 Å². The van der Waals surface area contributed by atoms with E-state index < -0.39 is 29.7 Å². The molecule has 0 amide bonds. The summed E-state index contributed by atoms with van der Waals surface area (Å²) < 4.78 is 17.5. The number of hydrogen-bond donors (Lipinski definition) is 2. The van der Waals surface area contributed by atoms with Crippen LogP contribution in [0.5, 0.6) is 11.5 Å². The summed E-state index contributed by atoms with van der Waals surface area (Å²) in [5.74, 6) is 1.32. The molecule has 0 bridgehead atoms. The number of aromatic amines is 1. The van der Waals surface area contributed by atoms with Crippen molar-refractivity contribution in [3.8, 4) is 11.5 Å². The van der Waals surface area contributed by atoms with Crippen LogP contribution in [0.2, 0.25) is 0 Å². The number of nitrogens with zero attached hydrogens (tertiary/aromatic N) is 1. The van der Waals surface area contributed by atoms with Crippen molar-refractivity contribution in [1.29, 1.82) is 0 Å². The van der Waals surface area contributed by atoms with E-state index in [4.69, 9.17) is 14.2 Å². The Bertz CT molecular complexity index is 870. The van der Waals surface area contributed by atoms with Gasteiger partial charge in [-0.05, 0) is 29.8 Å². The monoisotopic (exact) mass is 346 g/mol. The van der Waals surface area contributed by atoms with E-state index in [2.05, 4.69) is 11.6 Å². The normalized spacial score (nSPS) is 22.8. The zero-order chi connectivity index (χ0) is 18.0. The van der Waals surface area contributed by atoms with Crippen molar-refractivity contribution in [3.05, 3.63) is 69.5 Å². The molecule has 8 heteroatoms. The zero-order valence-electron chi connectivity index (χ0n) is 13.5. The van der Waals surface area contributed by atoms with Crippen LogP contribution in [-0.2, 0) is 4.74 Å². The lowest BCUT2D eigenvalue weighted by atomic mass is 10.1. The number of nitrogens with one attached hydrogen (secondary N) is 1. The van der Waals surface area contributed by atoms with Gasteiger partial charge in [0, 0.05) is 12.3 Å². The van der Waals surface area contributed by atoms with Gasteiger partial charge in [0.1, 0.15) is 30.3 Å². The van der Waals surface area contributed by atoms with Crippen LogP contribution in [0.25, 0.3) is 0 Å². The molecule has 2 heterocycles. The van der Waals surface area contributed by atoms with Crippen LogP contribution in [0, 0.1) is 0 Å². The van der Waals surface area contributed by atoms with Crippen molar-refractivity contribution in [2.45, 2.75) is 18.4 Å². The maximum atomic E-state index is 11.9. The molecule has 8 nitrogen and oxygen atoms in total.